The van der Waals surface area contributed by atoms with Gasteiger partial charge in [0.25, 0.3) is 15.9 Å². The number of esters is 1. The molecule has 10 nitrogen and oxygen atoms in total. The molecule has 0 spiro atoms. The summed E-state index contributed by atoms with van der Waals surface area (Å²) in [5.41, 5.74) is 0.350. The van der Waals surface area contributed by atoms with Crippen molar-refractivity contribution in [2.75, 3.05) is 29.0 Å². The molecule has 0 aliphatic carbocycles. The maximum absolute atomic E-state index is 13.3. The molecule has 1 aliphatic heterocycles. The molecular weight excluding hydrogens is 488 g/mol. The largest absolute Gasteiger partial charge is 0.476 e. The normalized spacial score (nSPS) is 15.3. The third kappa shape index (κ3) is 5.10. The number of ether oxygens (including phenoxy) is 2. The van der Waals surface area contributed by atoms with Crippen LogP contribution < -0.4 is 14.4 Å². The predicted octanol–water partition coefficient (Wildman–Crippen LogP) is 2.40. The maximum Gasteiger partial charge on any atom is 0.316 e. The molecule has 172 valence electrons. The van der Waals surface area contributed by atoms with Crippen molar-refractivity contribution in [3.8, 4) is 5.75 Å². The average molecular weight is 507 g/mol. The first kappa shape index (κ1) is 23.0. The van der Waals surface area contributed by atoms with Gasteiger partial charge in [-0.15, -0.1) is 10.2 Å². The van der Waals surface area contributed by atoms with Crippen LogP contribution in [0.5, 0.6) is 5.75 Å². The molecule has 3 aromatic rings. The molecule has 1 unspecified atom stereocenters. The predicted molar refractivity (Wildman–Crippen MR) is 123 cm³/mol. The Bertz CT molecular complexity index is 1270. The van der Waals surface area contributed by atoms with Gasteiger partial charge in [0.1, 0.15) is 5.75 Å². The zero-order valence-electron chi connectivity index (χ0n) is 17.2. The zero-order valence-corrected chi connectivity index (χ0v) is 19.7. The van der Waals surface area contributed by atoms with Crippen LogP contribution in [0.3, 0.4) is 0 Å². The molecule has 33 heavy (non-hydrogen) atoms. The van der Waals surface area contributed by atoms with Gasteiger partial charge in [-0.2, -0.15) is 0 Å². The molecule has 1 aliphatic rings. The number of nitrogens with one attached hydrogen (secondary N) is 1. The Kier molecular flexibility index (Phi) is 6.81. The minimum Gasteiger partial charge on any atom is -0.476 e. The van der Waals surface area contributed by atoms with Gasteiger partial charge in [0.15, 0.2) is 10.4 Å². The summed E-state index contributed by atoms with van der Waals surface area (Å²) in [4.78, 5) is 24.3. The van der Waals surface area contributed by atoms with Crippen LogP contribution in [0.4, 0.5) is 10.8 Å². The summed E-state index contributed by atoms with van der Waals surface area (Å²) in [5.74, 6) is -0.642. The van der Waals surface area contributed by atoms with Crippen molar-refractivity contribution in [1.29, 1.82) is 0 Å². The van der Waals surface area contributed by atoms with Crippen molar-refractivity contribution in [3.63, 3.8) is 0 Å². The summed E-state index contributed by atoms with van der Waals surface area (Å²) < 4.78 is 38.6. The quantitative estimate of drug-likeness (QED) is 0.292. The Labute approximate surface area is 198 Å². The lowest BCUT2D eigenvalue weighted by molar-refractivity contribution is -0.137. The Hall–Kier alpha value is -3.16. The highest BCUT2D eigenvalue weighted by molar-refractivity contribution is 8.01. The number of aromatic nitrogens is 2. The molecule has 0 fully saturated rings. The van der Waals surface area contributed by atoms with E-state index < -0.39 is 28.0 Å². The molecule has 2 heterocycles. The number of nitrogens with zero attached hydrogens (tertiary/aromatic N) is 3. The van der Waals surface area contributed by atoms with Crippen molar-refractivity contribution in [3.05, 3.63) is 54.6 Å². The van der Waals surface area contributed by atoms with Crippen LogP contribution in [-0.2, 0) is 24.3 Å². The second-order valence-electron chi connectivity index (χ2n) is 6.65. The number of carbonyl (C=O) groups excluding carboxylic acids is 2. The Balaban J connectivity index is 1.53. The lowest BCUT2D eigenvalue weighted by atomic mass is 10.2. The van der Waals surface area contributed by atoms with Gasteiger partial charge in [-0.3, -0.25) is 19.2 Å². The second-order valence-corrected chi connectivity index (χ2v) is 10.7. The fourth-order valence-electron chi connectivity index (χ4n) is 2.97. The summed E-state index contributed by atoms with van der Waals surface area (Å²) in [5, 5.41) is 10.6. The van der Waals surface area contributed by atoms with Crippen molar-refractivity contribution >= 4 is 55.8 Å². The third-order valence-electron chi connectivity index (χ3n) is 4.54. The van der Waals surface area contributed by atoms with Crippen molar-refractivity contribution < 1.29 is 27.5 Å². The number of benzene rings is 2. The molecule has 2 aromatic carbocycles. The Morgan fingerprint density at radius 1 is 1.18 bits per heavy atom. The smallest absolute Gasteiger partial charge is 0.316 e. The Morgan fingerprint density at radius 3 is 2.67 bits per heavy atom. The van der Waals surface area contributed by atoms with Gasteiger partial charge in [0, 0.05) is 0 Å². The summed E-state index contributed by atoms with van der Waals surface area (Å²) in [6, 6.07) is 14.6. The van der Waals surface area contributed by atoms with E-state index in [0.29, 0.717) is 10.0 Å². The number of rotatable bonds is 7. The second kappa shape index (κ2) is 9.77. The molecule has 1 atom stereocenters. The van der Waals surface area contributed by atoms with E-state index >= 15 is 0 Å². The highest BCUT2D eigenvalue weighted by atomic mass is 32.2. The van der Waals surface area contributed by atoms with Crippen LogP contribution >= 0.6 is 23.1 Å². The lowest BCUT2D eigenvalue weighted by Crippen LogP contribution is -2.48. The lowest BCUT2D eigenvalue weighted by Gasteiger charge is -2.34. The monoisotopic (exact) mass is 506 g/mol. The zero-order chi connectivity index (χ0) is 23.4. The van der Waals surface area contributed by atoms with E-state index in [0.717, 1.165) is 23.1 Å². The van der Waals surface area contributed by atoms with Crippen LogP contribution in [0.15, 0.2) is 63.8 Å². The Morgan fingerprint density at radius 2 is 1.91 bits per heavy atom. The number of fused-ring (bicyclic) bond motifs is 1. The number of hydrogen-bond acceptors (Lipinski definition) is 10. The molecule has 1 amide bonds. The number of carbonyl (C=O) groups is 2. The van der Waals surface area contributed by atoms with Crippen LogP contribution in [0.2, 0.25) is 0 Å². The van der Waals surface area contributed by atoms with Gasteiger partial charge >= 0.3 is 5.97 Å². The number of sulfonamides is 1. The number of methoxy groups -OCH3 is 1. The SMILES string of the molecule is COC(=O)CSc1nnc(NC(=O)C2CN(S(=O)(=O)c3ccccc3)c3ccccc3O2)s1. The standard InChI is InChI=1S/C20H18N4O6S3/c1-29-17(25)12-31-20-23-22-19(32-20)21-18(26)16-11-24(14-9-5-6-10-15(14)30-16)33(27,28)13-7-3-2-4-8-13/h2-10,16H,11-12H2,1H3,(H,21,22,26). The molecule has 0 saturated heterocycles. The van der Waals surface area contributed by atoms with E-state index in [9.17, 15) is 18.0 Å². The number of amides is 1. The molecule has 13 heteroatoms. The average Bonchev–Trinajstić information content (AvgIpc) is 3.29. The molecule has 0 bridgehead atoms. The fraction of sp³-hybridized carbons (Fsp3) is 0.200. The highest BCUT2D eigenvalue weighted by Gasteiger charge is 2.37. The van der Waals surface area contributed by atoms with E-state index in [1.54, 1.807) is 42.5 Å². The van der Waals surface area contributed by atoms with E-state index in [2.05, 4.69) is 20.3 Å². The van der Waals surface area contributed by atoms with E-state index in [1.165, 1.54) is 23.5 Å². The number of hydrogen-bond donors (Lipinski definition) is 1. The van der Waals surface area contributed by atoms with E-state index in [-0.39, 0.29) is 28.1 Å². The van der Waals surface area contributed by atoms with Crippen LogP contribution in [0.25, 0.3) is 0 Å². The third-order valence-corrected chi connectivity index (χ3v) is 8.28. The van der Waals surface area contributed by atoms with Crippen molar-refractivity contribution in [1.82, 2.24) is 10.2 Å². The van der Waals surface area contributed by atoms with Gasteiger partial charge in [0.05, 0.1) is 30.0 Å². The first-order valence-electron chi connectivity index (χ1n) is 9.56. The fourth-order valence-corrected chi connectivity index (χ4v) is 6.05. The van der Waals surface area contributed by atoms with Crippen LogP contribution in [-0.4, -0.2) is 56.0 Å². The molecule has 4 rings (SSSR count). The van der Waals surface area contributed by atoms with Crippen LogP contribution in [0, 0.1) is 0 Å². The molecule has 0 radical (unpaired) electrons. The molecule has 1 N–H and O–H groups in total. The molecule has 0 saturated carbocycles. The minimum atomic E-state index is -3.93. The summed E-state index contributed by atoms with van der Waals surface area (Å²) in [6.07, 6.45) is -1.12. The topological polar surface area (TPSA) is 128 Å². The molecule has 1 aromatic heterocycles. The van der Waals surface area contributed by atoms with Gasteiger partial charge in [-0.05, 0) is 24.3 Å². The number of thioether (sulfide) groups is 1. The van der Waals surface area contributed by atoms with E-state index in [1.807, 2.05) is 0 Å². The maximum atomic E-state index is 13.3. The summed E-state index contributed by atoms with van der Waals surface area (Å²) >= 11 is 2.21. The first-order chi connectivity index (χ1) is 15.9. The van der Waals surface area contributed by atoms with Gasteiger partial charge in [-0.25, -0.2) is 8.42 Å². The van der Waals surface area contributed by atoms with Gasteiger partial charge < -0.3 is 9.47 Å². The summed E-state index contributed by atoms with van der Waals surface area (Å²) in [6.45, 7) is -0.219. The highest BCUT2D eigenvalue weighted by Crippen LogP contribution is 2.37. The molecular formula is C20H18N4O6S3. The first-order valence-corrected chi connectivity index (χ1v) is 12.8. The summed E-state index contributed by atoms with van der Waals surface area (Å²) in [7, 11) is -2.64. The van der Waals surface area contributed by atoms with Gasteiger partial charge in [0.2, 0.25) is 5.13 Å². The van der Waals surface area contributed by atoms with E-state index in [4.69, 9.17) is 4.74 Å². The minimum absolute atomic E-state index is 0.0634. The number of anilines is 2. The van der Waals surface area contributed by atoms with Crippen LogP contribution in [0.1, 0.15) is 0 Å². The number of para-hydroxylation sites is 2. The van der Waals surface area contributed by atoms with Gasteiger partial charge in [-0.1, -0.05) is 53.4 Å². The van der Waals surface area contributed by atoms with Crippen molar-refractivity contribution in [2.24, 2.45) is 0 Å². The van der Waals surface area contributed by atoms with Crippen molar-refractivity contribution in [2.45, 2.75) is 15.3 Å².